The number of carbonyl (C=O) groups excluding carboxylic acids is 1. The Labute approximate surface area is 149 Å². The van der Waals surface area contributed by atoms with Crippen LogP contribution in [0.2, 0.25) is 0 Å². The van der Waals surface area contributed by atoms with Crippen molar-refractivity contribution < 1.29 is 9.90 Å². The number of aliphatic hydroxyl groups excluding tert-OH is 1. The molecule has 5 heteroatoms. The number of aliphatic hydroxyl groups is 1. The van der Waals surface area contributed by atoms with Crippen LogP contribution in [0.1, 0.15) is 62.4 Å². The van der Waals surface area contributed by atoms with E-state index in [0.29, 0.717) is 18.8 Å². The van der Waals surface area contributed by atoms with Crippen LogP contribution in [0.5, 0.6) is 0 Å². The highest BCUT2D eigenvalue weighted by Gasteiger charge is 2.15. The van der Waals surface area contributed by atoms with E-state index in [-0.39, 0.29) is 17.7 Å². The molecule has 1 amide bonds. The van der Waals surface area contributed by atoms with Gasteiger partial charge in [0.2, 0.25) is 5.91 Å². The van der Waals surface area contributed by atoms with Crippen LogP contribution in [-0.4, -0.2) is 21.0 Å². The van der Waals surface area contributed by atoms with Crippen LogP contribution in [-0.2, 0) is 16.8 Å². The van der Waals surface area contributed by atoms with Crippen LogP contribution < -0.4 is 5.32 Å². The lowest BCUT2D eigenvalue weighted by atomic mass is 9.86. The lowest BCUT2D eigenvalue weighted by Gasteiger charge is -2.20. The van der Waals surface area contributed by atoms with Crippen LogP contribution in [0.15, 0.2) is 36.5 Å². The van der Waals surface area contributed by atoms with E-state index in [0.717, 1.165) is 11.3 Å². The van der Waals surface area contributed by atoms with Crippen LogP contribution >= 0.6 is 0 Å². The molecule has 0 aliphatic carbocycles. The summed E-state index contributed by atoms with van der Waals surface area (Å²) < 4.78 is 0. The van der Waals surface area contributed by atoms with Crippen LogP contribution in [0.3, 0.4) is 0 Å². The van der Waals surface area contributed by atoms with Crippen molar-refractivity contribution in [3.05, 3.63) is 59.2 Å². The molecule has 0 aliphatic rings. The minimum absolute atomic E-state index is 0.0860. The number of nitrogens with zero attached hydrogens (tertiary/aromatic N) is 2. The van der Waals surface area contributed by atoms with Gasteiger partial charge in [-0.25, -0.2) is 9.97 Å². The molecule has 2 rings (SSSR count). The second-order valence-corrected chi connectivity index (χ2v) is 7.30. The van der Waals surface area contributed by atoms with E-state index < -0.39 is 6.10 Å². The summed E-state index contributed by atoms with van der Waals surface area (Å²) in [7, 11) is 0. The first kappa shape index (κ1) is 19.1. The Balaban J connectivity index is 1.80. The molecular weight excluding hydrogens is 314 g/mol. The molecule has 2 aromatic rings. The molecule has 0 saturated heterocycles. The van der Waals surface area contributed by atoms with Gasteiger partial charge in [0.05, 0.1) is 18.3 Å². The summed E-state index contributed by atoms with van der Waals surface area (Å²) in [6.07, 6.45) is 1.70. The Bertz CT molecular complexity index is 706. The molecule has 1 heterocycles. The van der Waals surface area contributed by atoms with Gasteiger partial charge >= 0.3 is 0 Å². The first-order chi connectivity index (χ1) is 11.8. The number of hydrogen-bond donors (Lipinski definition) is 2. The van der Waals surface area contributed by atoms with Crippen molar-refractivity contribution >= 4 is 5.91 Å². The average molecular weight is 341 g/mol. The van der Waals surface area contributed by atoms with Crippen LogP contribution in [0.4, 0.5) is 0 Å². The Morgan fingerprint density at radius 1 is 1.20 bits per heavy atom. The topological polar surface area (TPSA) is 75.1 Å². The van der Waals surface area contributed by atoms with Gasteiger partial charge in [0.15, 0.2) is 0 Å². The highest BCUT2D eigenvalue weighted by molar-refractivity contribution is 5.75. The van der Waals surface area contributed by atoms with E-state index in [9.17, 15) is 9.90 Å². The van der Waals surface area contributed by atoms with Gasteiger partial charge in [0.25, 0.3) is 0 Å². The first-order valence-electron chi connectivity index (χ1n) is 8.59. The molecule has 0 fully saturated rings. The molecule has 0 aliphatic heterocycles. The summed E-state index contributed by atoms with van der Waals surface area (Å²) in [6, 6.07) is 9.73. The van der Waals surface area contributed by atoms with E-state index in [2.05, 4.69) is 36.1 Å². The highest BCUT2D eigenvalue weighted by atomic mass is 16.3. The van der Waals surface area contributed by atoms with Crippen molar-refractivity contribution in [3.8, 4) is 0 Å². The SMILES string of the molecule is Cc1nccc(CNC(=O)CC[C@@H](O)c2ccc(C(C)(C)C)cc2)n1. The fourth-order valence-electron chi connectivity index (χ4n) is 2.52. The molecule has 0 spiro atoms. The maximum Gasteiger partial charge on any atom is 0.220 e. The molecule has 2 N–H and O–H groups in total. The van der Waals surface area contributed by atoms with Gasteiger partial charge in [-0.15, -0.1) is 0 Å². The standard InChI is InChI=1S/C20H27N3O2/c1-14-21-12-11-17(23-14)13-22-19(25)10-9-18(24)15-5-7-16(8-6-15)20(2,3)4/h5-8,11-12,18,24H,9-10,13H2,1-4H3,(H,22,25)/t18-/m1/s1. The second-order valence-electron chi connectivity index (χ2n) is 7.30. The molecule has 5 nitrogen and oxygen atoms in total. The average Bonchev–Trinajstić information content (AvgIpc) is 2.57. The number of hydrogen-bond acceptors (Lipinski definition) is 4. The summed E-state index contributed by atoms with van der Waals surface area (Å²) in [5.41, 5.74) is 2.93. The third kappa shape index (κ3) is 5.94. The number of rotatable bonds is 6. The third-order valence-corrected chi connectivity index (χ3v) is 4.11. The number of aromatic nitrogens is 2. The third-order valence-electron chi connectivity index (χ3n) is 4.11. The first-order valence-corrected chi connectivity index (χ1v) is 8.59. The summed E-state index contributed by atoms with van der Waals surface area (Å²) in [6.45, 7) is 8.65. The predicted octanol–water partition coefficient (Wildman–Crippen LogP) is 3.21. The number of amides is 1. The Hall–Kier alpha value is -2.27. The van der Waals surface area contributed by atoms with Gasteiger partial charge in [0, 0.05) is 12.6 Å². The molecule has 1 aromatic carbocycles. The van der Waals surface area contributed by atoms with Crippen molar-refractivity contribution in [1.82, 2.24) is 15.3 Å². The number of carbonyl (C=O) groups is 1. The summed E-state index contributed by atoms with van der Waals surface area (Å²) in [5, 5.41) is 13.1. The van der Waals surface area contributed by atoms with Gasteiger partial charge < -0.3 is 10.4 Å². The number of benzene rings is 1. The highest BCUT2D eigenvalue weighted by Crippen LogP contribution is 2.25. The van der Waals surface area contributed by atoms with Crippen molar-refractivity contribution in [3.63, 3.8) is 0 Å². The van der Waals surface area contributed by atoms with Gasteiger partial charge in [-0.05, 0) is 36.0 Å². The monoisotopic (exact) mass is 341 g/mol. The lowest BCUT2D eigenvalue weighted by molar-refractivity contribution is -0.121. The van der Waals surface area contributed by atoms with Gasteiger partial charge in [-0.1, -0.05) is 45.0 Å². The molecule has 0 unspecified atom stereocenters. The summed E-state index contributed by atoms with van der Waals surface area (Å²) >= 11 is 0. The van der Waals surface area contributed by atoms with E-state index in [4.69, 9.17) is 0 Å². The molecule has 134 valence electrons. The fourth-order valence-corrected chi connectivity index (χ4v) is 2.52. The molecule has 1 aromatic heterocycles. The zero-order valence-electron chi connectivity index (χ0n) is 15.4. The van der Waals surface area contributed by atoms with Crippen molar-refractivity contribution in [2.24, 2.45) is 0 Å². The minimum atomic E-state index is -0.638. The lowest BCUT2D eigenvalue weighted by Crippen LogP contribution is -2.23. The van der Waals surface area contributed by atoms with Gasteiger partial charge in [-0.2, -0.15) is 0 Å². The van der Waals surface area contributed by atoms with E-state index >= 15 is 0 Å². The normalized spacial score (nSPS) is 12.7. The maximum atomic E-state index is 12.0. The zero-order chi connectivity index (χ0) is 18.4. The van der Waals surface area contributed by atoms with Crippen LogP contribution in [0.25, 0.3) is 0 Å². The summed E-state index contributed by atoms with van der Waals surface area (Å²) in [5.74, 6) is 0.586. The van der Waals surface area contributed by atoms with E-state index in [1.165, 1.54) is 5.56 Å². The quantitative estimate of drug-likeness (QED) is 0.846. The smallest absolute Gasteiger partial charge is 0.220 e. The molecule has 0 radical (unpaired) electrons. The fraction of sp³-hybridized carbons (Fsp3) is 0.450. The molecular formula is C20H27N3O2. The van der Waals surface area contributed by atoms with Gasteiger partial charge in [0.1, 0.15) is 5.82 Å². The molecule has 25 heavy (non-hydrogen) atoms. The van der Waals surface area contributed by atoms with Crippen molar-refractivity contribution in [1.29, 1.82) is 0 Å². The van der Waals surface area contributed by atoms with Crippen molar-refractivity contribution in [2.75, 3.05) is 0 Å². The van der Waals surface area contributed by atoms with Crippen molar-refractivity contribution in [2.45, 2.75) is 58.6 Å². The predicted molar refractivity (Wildman–Crippen MR) is 98.0 cm³/mol. The van der Waals surface area contributed by atoms with E-state index in [1.807, 2.05) is 31.2 Å². The Morgan fingerprint density at radius 2 is 1.88 bits per heavy atom. The maximum absolute atomic E-state index is 12.0. The Kier molecular flexibility index (Phi) is 6.26. The molecule has 1 atom stereocenters. The Morgan fingerprint density at radius 3 is 2.48 bits per heavy atom. The zero-order valence-corrected chi connectivity index (χ0v) is 15.4. The molecule has 0 saturated carbocycles. The summed E-state index contributed by atoms with van der Waals surface area (Å²) in [4.78, 5) is 20.2. The van der Waals surface area contributed by atoms with Gasteiger partial charge in [-0.3, -0.25) is 4.79 Å². The minimum Gasteiger partial charge on any atom is -0.388 e. The largest absolute Gasteiger partial charge is 0.388 e. The molecule has 0 bridgehead atoms. The number of nitrogens with one attached hydrogen (secondary N) is 1. The number of aryl methyl sites for hydroxylation is 1. The van der Waals surface area contributed by atoms with Crippen LogP contribution in [0, 0.1) is 6.92 Å². The second kappa shape index (κ2) is 8.21. The van der Waals surface area contributed by atoms with E-state index in [1.54, 1.807) is 12.3 Å².